The van der Waals surface area contributed by atoms with Gasteiger partial charge in [-0.2, -0.15) is 0 Å². The Kier molecular flexibility index (Phi) is 5.31. The summed E-state index contributed by atoms with van der Waals surface area (Å²) in [5.74, 6) is -1.35. The molecule has 0 amide bonds. The SMILES string of the molecule is CC(=O)OC[C@H]1CO[C@](CBr)(c2ccc(Cl)cc2Cl)O1. The Morgan fingerprint density at radius 2 is 2.30 bits per heavy atom. The molecule has 0 radical (unpaired) electrons. The standard InChI is InChI=1S/C13H13BrCl2O4/c1-8(17)18-5-10-6-19-13(7-14,20-10)11-3-2-9(15)4-12(11)16/h2-4,10H,5-7H2,1H3/t10-,13-/m0/s1. The van der Waals surface area contributed by atoms with Crippen LogP contribution in [0.4, 0.5) is 0 Å². The van der Waals surface area contributed by atoms with E-state index in [1.165, 1.54) is 6.92 Å². The van der Waals surface area contributed by atoms with Crippen LogP contribution in [0.5, 0.6) is 0 Å². The third-order valence-electron chi connectivity index (χ3n) is 2.85. The molecule has 7 heteroatoms. The number of halogens is 3. The third-order valence-corrected chi connectivity index (χ3v) is 4.14. The van der Waals surface area contributed by atoms with Crippen LogP contribution in [0, 0.1) is 0 Å². The van der Waals surface area contributed by atoms with Gasteiger partial charge in [0, 0.05) is 17.5 Å². The quantitative estimate of drug-likeness (QED) is 0.589. The second-order valence-electron chi connectivity index (χ2n) is 4.36. The van der Waals surface area contributed by atoms with E-state index in [9.17, 15) is 4.79 Å². The molecule has 110 valence electrons. The number of hydrogen-bond donors (Lipinski definition) is 0. The second kappa shape index (κ2) is 6.62. The topological polar surface area (TPSA) is 44.8 Å². The van der Waals surface area contributed by atoms with Gasteiger partial charge in [-0.3, -0.25) is 4.79 Å². The van der Waals surface area contributed by atoms with Gasteiger partial charge in [-0.05, 0) is 12.1 Å². The summed E-state index contributed by atoms with van der Waals surface area (Å²) in [7, 11) is 0. The van der Waals surface area contributed by atoms with E-state index in [0.29, 0.717) is 27.5 Å². The molecule has 0 bridgehead atoms. The van der Waals surface area contributed by atoms with E-state index in [-0.39, 0.29) is 18.7 Å². The van der Waals surface area contributed by atoms with Crippen molar-refractivity contribution in [1.82, 2.24) is 0 Å². The van der Waals surface area contributed by atoms with Crippen molar-refractivity contribution in [2.45, 2.75) is 18.8 Å². The van der Waals surface area contributed by atoms with E-state index >= 15 is 0 Å². The average molecular weight is 384 g/mol. The molecule has 0 aromatic heterocycles. The molecule has 0 spiro atoms. The lowest BCUT2D eigenvalue weighted by molar-refractivity contribution is -0.167. The van der Waals surface area contributed by atoms with E-state index in [2.05, 4.69) is 15.9 Å². The second-order valence-corrected chi connectivity index (χ2v) is 5.77. The van der Waals surface area contributed by atoms with E-state index in [1.54, 1.807) is 18.2 Å². The summed E-state index contributed by atoms with van der Waals surface area (Å²) in [5.41, 5.74) is 0.686. The molecule has 4 nitrogen and oxygen atoms in total. The van der Waals surface area contributed by atoms with Crippen LogP contribution in [-0.2, 0) is 24.8 Å². The first-order valence-corrected chi connectivity index (χ1v) is 7.81. The Bertz CT molecular complexity index is 511. The fourth-order valence-corrected chi connectivity index (χ4v) is 3.09. The highest BCUT2D eigenvalue weighted by Gasteiger charge is 2.44. The van der Waals surface area contributed by atoms with Crippen molar-refractivity contribution in [1.29, 1.82) is 0 Å². The molecule has 1 heterocycles. The summed E-state index contributed by atoms with van der Waals surface area (Å²) in [4.78, 5) is 10.8. The lowest BCUT2D eigenvalue weighted by Gasteiger charge is -2.27. The van der Waals surface area contributed by atoms with Crippen LogP contribution in [0.15, 0.2) is 18.2 Å². The van der Waals surface area contributed by atoms with Crippen LogP contribution in [0.25, 0.3) is 0 Å². The first kappa shape index (κ1) is 16.0. The van der Waals surface area contributed by atoms with Crippen molar-refractivity contribution in [2.24, 2.45) is 0 Å². The molecule has 20 heavy (non-hydrogen) atoms. The summed E-state index contributed by atoms with van der Waals surface area (Å²) in [6.07, 6.45) is -0.330. The Labute approximate surface area is 135 Å². The number of benzene rings is 1. The first-order chi connectivity index (χ1) is 9.47. The van der Waals surface area contributed by atoms with Crippen molar-refractivity contribution in [3.8, 4) is 0 Å². The van der Waals surface area contributed by atoms with Crippen molar-refractivity contribution in [3.05, 3.63) is 33.8 Å². The lowest BCUT2D eigenvalue weighted by Crippen LogP contribution is -2.31. The normalized spacial score (nSPS) is 25.7. The summed E-state index contributed by atoms with van der Waals surface area (Å²) >= 11 is 15.5. The summed E-state index contributed by atoms with van der Waals surface area (Å²) in [6, 6.07) is 5.12. The van der Waals surface area contributed by atoms with Gasteiger partial charge in [-0.15, -0.1) is 0 Å². The Balaban J connectivity index is 2.17. The third kappa shape index (κ3) is 3.46. The highest BCUT2D eigenvalue weighted by Crippen LogP contribution is 2.40. The van der Waals surface area contributed by atoms with Gasteiger partial charge in [0.25, 0.3) is 0 Å². The van der Waals surface area contributed by atoms with E-state index in [1.807, 2.05) is 0 Å². The highest BCUT2D eigenvalue weighted by molar-refractivity contribution is 9.09. The van der Waals surface area contributed by atoms with E-state index < -0.39 is 5.79 Å². The Hall–Kier alpha value is -0.330. The maximum Gasteiger partial charge on any atom is 0.302 e. The molecule has 0 N–H and O–H groups in total. The molecule has 0 aliphatic carbocycles. The monoisotopic (exact) mass is 382 g/mol. The van der Waals surface area contributed by atoms with E-state index in [0.717, 1.165) is 0 Å². The Morgan fingerprint density at radius 3 is 2.90 bits per heavy atom. The maximum absolute atomic E-state index is 10.8. The molecular weight excluding hydrogens is 371 g/mol. The van der Waals surface area contributed by atoms with Crippen molar-refractivity contribution < 1.29 is 19.0 Å². The first-order valence-electron chi connectivity index (χ1n) is 5.93. The number of ether oxygens (including phenoxy) is 3. The van der Waals surface area contributed by atoms with Gasteiger partial charge >= 0.3 is 5.97 Å². The molecule has 1 saturated heterocycles. The van der Waals surface area contributed by atoms with Gasteiger partial charge in [0.05, 0.1) is 17.0 Å². The summed E-state index contributed by atoms with van der Waals surface area (Å²) in [6.45, 7) is 1.82. The van der Waals surface area contributed by atoms with Gasteiger partial charge < -0.3 is 14.2 Å². The van der Waals surface area contributed by atoms with Crippen LogP contribution >= 0.6 is 39.1 Å². The van der Waals surface area contributed by atoms with Crippen LogP contribution in [0.2, 0.25) is 10.0 Å². The van der Waals surface area contributed by atoms with E-state index in [4.69, 9.17) is 37.4 Å². The molecular formula is C13H13BrCl2O4. The molecule has 0 saturated carbocycles. The molecule has 1 aliphatic heterocycles. The van der Waals surface area contributed by atoms with Crippen LogP contribution in [-0.4, -0.2) is 30.6 Å². The van der Waals surface area contributed by atoms with Crippen molar-refractivity contribution >= 4 is 45.1 Å². The van der Waals surface area contributed by atoms with Crippen LogP contribution < -0.4 is 0 Å². The number of alkyl halides is 1. The number of rotatable bonds is 4. The fraction of sp³-hybridized carbons (Fsp3) is 0.462. The predicted octanol–water partition coefficient (Wildman–Crippen LogP) is 3.52. The molecule has 1 aromatic carbocycles. The molecule has 0 unspecified atom stereocenters. The molecule has 1 aliphatic rings. The van der Waals surface area contributed by atoms with Crippen LogP contribution in [0.1, 0.15) is 12.5 Å². The molecule has 1 fully saturated rings. The predicted molar refractivity (Wildman–Crippen MR) is 79.4 cm³/mol. The number of esters is 1. The average Bonchev–Trinajstić information content (AvgIpc) is 2.81. The summed E-state index contributed by atoms with van der Waals surface area (Å²) in [5, 5.41) is 1.40. The minimum Gasteiger partial charge on any atom is -0.463 e. The van der Waals surface area contributed by atoms with Crippen LogP contribution in [0.3, 0.4) is 0 Å². The van der Waals surface area contributed by atoms with Gasteiger partial charge in [0.2, 0.25) is 5.79 Å². The molecule has 1 aromatic rings. The lowest BCUT2D eigenvalue weighted by atomic mass is 10.1. The number of carbonyl (C=O) groups excluding carboxylic acids is 1. The van der Waals surface area contributed by atoms with Gasteiger partial charge in [-0.25, -0.2) is 0 Å². The van der Waals surface area contributed by atoms with Gasteiger partial charge in [-0.1, -0.05) is 45.2 Å². The molecule has 2 atom stereocenters. The zero-order chi connectivity index (χ0) is 14.8. The largest absolute Gasteiger partial charge is 0.463 e. The highest BCUT2D eigenvalue weighted by atomic mass is 79.9. The zero-order valence-electron chi connectivity index (χ0n) is 10.7. The minimum absolute atomic E-state index is 0.148. The molecule has 2 rings (SSSR count). The van der Waals surface area contributed by atoms with Crippen molar-refractivity contribution in [3.63, 3.8) is 0 Å². The fourth-order valence-electron chi connectivity index (χ4n) is 1.94. The number of carbonyl (C=O) groups is 1. The maximum atomic E-state index is 10.8. The van der Waals surface area contributed by atoms with Gasteiger partial charge in [0.1, 0.15) is 12.7 Å². The van der Waals surface area contributed by atoms with Crippen molar-refractivity contribution in [2.75, 3.05) is 18.5 Å². The Morgan fingerprint density at radius 1 is 1.55 bits per heavy atom. The minimum atomic E-state index is -0.994. The number of hydrogen-bond acceptors (Lipinski definition) is 4. The smallest absolute Gasteiger partial charge is 0.302 e. The van der Waals surface area contributed by atoms with Gasteiger partial charge in [0.15, 0.2) is 0 Å². The summed E-state index contributed by atoms with van der Waals surface area (Å²) < 4.78 is 16.6. The zero-order valence-corrected chi connectivity index (χ0v) is 13.8.